The summed E-state index contributed by atoms with van der Waals surface area (Å²) in [6, 6.07) is 6.09. The molecule has 26 heavy (non-hydrogen) atoms. The Labute approximate surface area is 155 Å². The molecule has 1 atom stereocenters. The zero-order chi connectivity index (χ0) is 19.2. The number of carbonyl (C=O) groups excluding carboxylic acids is 1. The maximum atomic E-state index is 12.7. The van der Waals surface area contributed by atoms with Crippen LogP contribution in [0.4, 0.5) is 0 Å². The number of hydrogen-bond acceptors (Lipinski definition) is 5. The Hall–Kier alpha value is -1.64. The largest absolute Gasteiger partial charge is 0.484 e. The van der Waals surface area contributed by atoms with E-state index < -0.39 is 10.0 Å². The molecule has 1 N–H and O–H groups in total. The maximum absolute atomic E-state index is 12.7. The number of benzene rings is 1. The van der Waals surface area contributed by atoms with Gasteiger partial charge in [0.25, 0.3) is 5.91 Å². The van der Waals surface area contributed by atoms with Gasteiger partial charge in [-0.1, -0.05) is 6.92 Å². The van der Waals surface area contributed by atoms with Gasteiger partial charge in [0.05, 0.1) is 11.5 Å². The van der Waals surface area contributed by atoms with Crippen LogP contribution in [0.2, 0.25) is 0 Å². The number of hydrogen-bond donors (Lipinski definition) is 1. The number of methoxy groups -OCH3 is 1. The topological polar surface area (TPSA) is 84.9 Å². The van der Waals surface area contributed by atoms with Crippen LogP contribution in [-0.4, -0.2) is 58.1 Å². The highest BCUT2D eigenvalue weighted by Gasteiger charge is 2.27. The molecule has 1 fully saturated rings. The quantitative estimate of drug-likeness (QED) is 0.736. The van der Waals surface area contributed by atoms with Gasteiger partial charge in [-0.25, -0.2) is 8.42 Å². The summed E-state index contributed by atoms with van der Waals surface area (Å²) in [7, 11) is -1.90. The van der Waals surface area contributed by atoms with Crippen molar-refractivity contribution in [1.29, 1.82) is 0 Å². The minimum atomic E-state index is -3.47. The number of nitrogens with one attached hydrogen (secondary N) is 1. The average Bonchev–Trinajstić information content (AvgIpc) is 2.61. The van der Waals surface area contributed by atoms with E-state index in [1.807, 2.05) is 6.92 Å². The van der Waals surface area contributed by atoms with E-state index in [0.29, 0.717) is 31.4 Å². The predicted octanol–water partition coefficient (Wildman–Crippen LogP) is 1.64. The van der Waals surface area contributed by atoms with Gasteiger partial charge in [0.15, 0.2) is 6.61 Å². The minimum Gasteiger partial charge on any atom is -0.484 e. The van der Waals surface area contributed by atoms with Crippen LogP contribution in [0.5, 0.6) is 5.75 Å². The van der Waals surface area contributed by atoms with Crippen molar-refractivity contribution in [2.24, 2.45) is 5.92 Å². The smallest absolute Gasteiger partial charge is 0.258 e. The lowest BCUT2D eigenvalue weighted by atomic mass is 10.0. The maximum Gasteiger partial charge on any atom is 0.258 e. The fourth-order valence-electron chi connectivity index (χ4n) is 2.84. The Morgan fingerprint density at radius 2 is 1.88 bits per heavy atom. The first-order valence-electron chi connectivity index (χ1n) is 8.84. The molecule has 0 aliphatic carbocycles. The second-order valence-electron chi connectivity index (χ2n) is 6.77. The molecular formula is C18H28N2O5S. The number of carbonyl (C=O) groups is 1. The van der Waals surface area contributed by atoms with Crippen molar-refractivity contribution in [2.75, 3.05) is 33.4 Å². The van der Waals surface area contributed by atoms with Gasteiger partial charge in [-0.2, -0.15) is 4.31 Å². The normalized spacial score (nSPS) is 17.7. The summed E-state index contributed by atoms with van der Waals surface area (Å²) in [6.45, 7) is 5.38. The molecule has 1 heterocycles. The van der Waals surface area contributed by atoms with E-state index in [-0.39, 0.29) is 23.5 Å². The summed E-state index contributed by atoms with van der Waals surface area (Å²) in [5.74, 6) is 0.759. The van der Waals surface area contributed by atoms with E-state index in [1.54, 1.807) is 19.2 Å². The molecule has 146 valence electrons. The van der Waals surface area contributed by atoms with Gasteiger partial charge in [0.1, 0.15) is 5.75 Å². The number of piperidine rings is 1. The molecule has 0 saturated carbocycles. The molecule has 0 spiro atoms. The monoisotopic (exact) mass is 384 g/mol. The van der Waals surface area contributed by atoms with Crippen molar-refractivity contribution in [3.63, 3.8) is 0 Å². The second kappa shape index (κ2) is 9.34. The molecule has 0 radical (unpaired) electrons. The van der Waals surface area contributed by atoms with Crippen molar-refractivity contribution in [3.05, 3.63) is 24.3 Å². The lowest BCUT2D eigenvalue weighted by Gasteiger charge is -2.29. The van der Waals surface area contributed by atoms with E-state index in [0.717, 1.165) is 12.8 Å². The summed E-state index contributed by atoms with van der Waals surface area (Å²) in [6.07, 6.45) is 1.77. The highest BCUT2D eigenvalue weighted by Crippen LogP contribution is 2.24. The van der Waals surface area contributed by atoms with Gasteiger partial charge in [-0.15, -0.1) is 0 Å². The number of nitrogens with zero attached hydrogens (tertiary/aromatic N) is 1. The van der Waals surface area contributed by atoms with Crippen LogP contribution in [0.25, 0.3) is 0 Å². The van der Waals surface area contributed by atoms with Gasteiger partial charge in [0, 0.05) is 26.2 Å². The first-order chi connectivity index (χ1) is 12.3. The molecule has 1 amide bonds. The molecule has 7 nitrogen and oxygen atoms in total. The SMILES string of the molecule is COC[C@@H](C)NC(=O)COc1ccc(S(=O)(=O)N2CCC(C)CC2)cc1. The molecule has 0 aromatic heterocycles. The molecule has 1 saturated heterocycles. The Balaban J connectivity index is 1.90. The average molecular weight is 384 g/mol. The van der Waals surface area contributed by atoms with Crippen LogP contribution in [0, 0.1) is 5.92 Å². The van der Waals surface area contributed by atoms with Gasteiger partial charge < -0.3 is 14.8 Å². The summed E-state index contributed by atoms with van der Waals surface area (Å²) in [4.78, 5) is 12.0. The van der Waals surface area contributed by atoms with E-state index in [9.17, 15) is 13.2 Å². The fraction of sp³-hybridized carbons (Fsp3) is 0.611. The Kier molecular flexibility index (Phi) is 7.43. The third-order valence-electron chi connectivity index (χ3n) is 4.40. The zero-order valence-corrected chi connectivity index (χ0v) is 16.4. The Morgan fingerprint density at radius 1 is 1.27 bits per heavy atom. The van der Waals surface area contributed by atoms with Gasteiger partial charge in [0.2, 0.25) is 10.0 Å². The Morgan fingerprint density at radius 3 is 2.46 bits per heavy atom. The predicted molar refractivity (Wildman–Crippen MR) is 98.6 cm³/mol. The van der Waals surface area contributed by atoms with E-state index in [4.69, 9.17) is 9.47 Å². The standard InChI is InChI=1S/C18H28N2O5S/c1-14-8-10-20(11-9-14)26(22,23)17-6-4-16(5-7-17)25-13-18(21)19-15(2)12-24-3/h4-7,14-15H,8-13H2,1-3H3,(H,19,21)/t15-/m1/s1. The summed E-state index contributed by atoms with van der Waals surface area (Å²) < 4.78 is 37.2. The molecule has 1 aliphatic heterocycles. The van der Waals surface area contributed by atoms with Crippen LogP contribution in [-0.2, 0) is 19.6 Å². The Bertz CT molecular complexity index is 682. The summed E-state index contributed by atoms with van der Waals surface area (Å²) in [5, 5.41) is 2.74. The van der Waals surface area contributed by atoms with Crippen LogP contribution in [0.3, 0.4) is 0 Å². The van der Waals surface area contributed by atoms with E-state index in [1.165, 1.54) is 16.4 Å². The van der Waals surface area contributed by atoms with Gasteiger partial charge in [-0.3, -0.25) is 4.79 Å². The van der Waals surface area contributed by atoms with Crippen LogP contribution >= 0.6 is 0 Å². The second-order valence-corrected chi connectivity index (χ2v) is 8.71. The van der Waals surface area contributed by atoms with Crippen molar-refractivity contribution in [3.8, 4) is 5.75 Å². The number of amides is 1. The van der Waals surface area contributed by atoms with E-state index in [2.05, 4.69) is 12.2 Å². The molecule has 1 aliphatic rings. The molecule has 8 heteroatoms. The number of ether oxygens (including phenoxy) is 2. The highest BCUT2D eigenvalue weighted by molar-refractivity contribution is 7.89. The minimum absolute atomic E-state index is 0.101. The third-order valence-corrected chi connectivity index (χ3v) is 6.31. The third kappa shape index (κ3) is 5.69. The first kappa shape index (κ1) is 20.7. The van der Waals surface area contributed by atoms with Crippen LogP contribution < -0.4 is 10.1 Å². The van der Waals surface area contributed by atoms with Crippen molar-refractivity contribution < 1.29 is 22.7 Å². The lowest BCUT2D eigenvalue weighted by Crippen LogP contribution is -2.38. The first-order valence-corrected chi connectivity index (χ1v) is 10.3. The van der Waals surface area contributed by atoms with Crippen molar-refractivity contribution in [1.82, 2.24) is 9.62 Å². The summed E-state index contributed by atoms with van der Waals surface area (Å²) >= 11 is 0. The molecule has 0 bridgehead atoms. The molecule has 1 aromatic carbocycles. The van der Waals surface area contributed by atoms with E-state index >= 15 is 0 Å². The van der Waals surface area contributed by atoms with Crippen molar-refractivity contribution >= 4 is 15.9 Å². The fourth-order valence-corrected chi connectivity index (χ4v) is 4.31. The molecule has 2 rings (SSSR count). The molecule has 0 unspecified atom stereocenters. The highest BCUT2D eigenvalue weighted by atomic mass is 32.2. The summed E-state index contributed by atoms with van der Waals surface area (Å²) in [5.41, 5.74) is 0. The van der Waals surface area contributed by atoms with Crippen LogP contribution in [0.15, 0.2) is 29.2 Å². The lowest BCUT2D eigenvalue weighted by molar-refractivity contribution is -0.124. The molecular weight excluding hydrogens is 356 g/mol. The molecule has 1 aromatic rings. The number of sulfonamides is 1. The zero-order valence-electron chi connectivity index (χ0n) is 15.6. The number of rotatable bonds is 8. The van der Waals surface area contributed by atoms with Gasteiger partial charge in [-0.05, 0) is 49.9 Å². The van der Waals surface area contributed by atoms with Crippen LogP contribution in [0.1, 0.15) is 26.7 Å². The van der Waals surface area contributed by atoms with Crippen molar-refractivity contribution in [2.45, 2.75) is 37.6 Å². The van der Waals surface area contributed by atoms with Gasteiger partial charge >= 0.3 is 0 Å².